The summed E-state index contributed by atoms with van der Waals surface area (Å²) in [5.41, 5.74) is 0. The molecule has 0 aromatic heterocycles. The minimum atomic E-state index is 0.455. The monoisotopic (exact) mass is 166 g/mol. The van der Waals surface area contributed by atoms with Crippen molar-refractivity contribution in [1.82, 2.24) is 0 Å². The van der Waals surface area contributed by atoms with Crippen molar-refractivity contribution in [2.24, 2.45) is 23.7 Å². The zero-order valence-corrected chi connectivity index (χ0v) is 8.05. The fourth-order valence-corrected chi connectivity index (χ4v) is 2.93. The van der Waals surface area contributed by atoms with Crippen LogP contribution in [0.2, 0.25) is 0 Å². The van der Waals surface area contributed by atoms with Gasteiger partial charge in [0, 0.05) is 12.3 Å². The highest BCUT2D eigenvalue weighted by molar-refractivity contribution is 5.83. The number of fused-ring (bicyclic) bond motifs is 1. The molecule has 4 atom stereocenters. The van der Waals surface area contributed by atoms with Gasteiger partial charge in [-0.15, -0.1) is 0 Å². The molecule has 0 heterocycles. The van der Waals surface area contributed by atoms with Crippen molar-refractivity contribution >= 4 is 5.78 Å². The van der Waals surface area contributed by atoms with Crippen molar-refractivity contribution in [3.8, 4) is 0 Å². The van der Waals surface area contributed by atoms with Gasteiger partial charge in [-0.05, 0) is 37.0 Å². The summed E-state index contributed by atoms with van der Waals surface area (Å²) in [6.07, 6.45) is 4.53. The lowest BCUT2D eigenvalue weighted by atomic mass is 9.71. The maximum atomic E-state index is 11.5. The Morgan fingerprint density at radius 1 is 1.17 bits per heavy atom. The molecule has 2 rings (SSSR count). The third-order valence-electron chi connectivity index (χ3n) is 4.02. The molecule has 0 radical (unpaired) electrons. The summed E-state index contributed by atoms with van der Waals surface area (Å²) in [5.74, 6) is 3.38. The summed E-state index contributed by atoms with van der Waals surface area (Å²) in [7, 11) is 0. The van der Waals surface area contributed by atoms with Crippen LogP contribution in [-0.4, -0.2) is 5.78 Å². The molecule has 0 N–H and O–H groups in total. The van der Waals surface area contributed by atoms with Crippen LogP contribution >= 0.6 is 0 Å². The molecule has 0 aromatic carbocycles. The van der Waals surface area contributed by atoms with Crippen molar-refractivity contribution in [3.05, 3.63) is 0 Å². The Labute approximate surface area is 74.5 Å². The topological polar surface area (TPSA) is 17.1 Å². The number of Topliss-reactive ketones (excluding diaryl/α,β-unsaturated/α-hetero) is 1. The second-order valence-electron chi connectivity index (χ2n) is 4.80. The predicted molar refractivity (Wildman–Crippen MR) is 48.8 cm³/mol. The van der Waals surface area contributed by atoms with E-state index in [0.29, 0.717) is 11.7 Å². The van der Waals surface area contributed by atoms with Crippen molar-refractivity contribution in [3.63, 3.8) is 0 Å². The van der Waals surface area contributed by atoms with E-state index in [1.807, 2.05) is 0 Å². The molecule has 0 aliphatic heterocycles. The van der Waals surface area contributed by atoms with Gasteiger partial charge >= 0.3 is 0 Å². The van der Waals surface area contributed by atoms with Gasteiger partial charge in [0.15, 0.2) is 0 Å². The second-order valence-corrected chi connectivity index (χ2v) is 4.80. The molecular weight excluding hydrogens is 148 g/mol. The maximum Gasteiger partial charge on any atom is 0.136 e. The molecule has 2 fully saturated rings. The minimum absolute atomic E-state index is 0.455. The van der Waals surface area contributed by atoms with Gasteiger partial charge in [0.2, 0.25) is 0 Å². The van der Waals surface area contributed by atoms with Crippen molar-refractivity contribution in [2.75, 3.05) is 0 Å². The molecule has 1 nitrogen and oxygen atoms in total. The van der Waals surface area contributed by atoms with Gasteiger partial charge in [-0.3, -0.25) is 4.79 Å². The van der Waals surface area contributed by atoms with E-state index in [4.69, 9.17) is 0 Å². The standard InChI is InChI=1S/C11H18O/c1-7-5-9-3-4-11(12)10(9)6-8(7)2/h7-10H,3-6H2,1-2H3. The number of carbonyl (C=O) groups is 1. The van der Waals surface area contributed by atoms with E-state index in [1.165, 1.54) is 19.3 Å². The fourth-order valence-electron chi connectivity index (χ4n) is 2.93. The lowest BCUT2D eigenvalue weighted by Gasteiger charge is -2.34. The van der Waals surface area contributed by atoms with Crippen molar-refractivity contribution < 1.29 is 4.79 Å². The van der Waals surface area contributed by atoms with E-state index in [9.17, 15) is 4.79 Å². The first-order valence-electron chi connectivity index (χ1n) is 5.21. The van der Waals surface area contributed by atoms with Crippen LogP contribution in [0.4, 0.5) is 0 Å². The van der Waals surface area contributed by atoms with Crippen LogP contribution in [0.1, 0.15) is 39.5 Å². The Kier molecular flexibility index (Phi) is 1.97. The predicted octanol–water partition coefficient (Wildman–Crippen LogP) is 2.65. The fraction of sp³-hybridized carbons (Fsp3) is 0.909. The smallest absolute Gasteiger partial charge is 0.136 e. The molecule has 4 unspecified atom stereocenters. The Bertz CT molecular complexity index is 197. The summed E-state index contributed by atoms with van der Waals surface area (Å²) in [4.78, 5) is 11.5. The van der Waals surface area contributed by atoms with Crippen LogP contribution < -0.4 is 0 Å². The summed E-state index contributed by atoms with van der Waals surface area (Å²) < 4.78 is 0. The number of hydrogen-bond acceptors (Lipinski definition) is 1. The highest BCUT2D eigenvalue weighted by Crippen LogP contribution is 2.44. The van der Waals surface area contributed by atoms with E-state index in [1.54, 1.807) is 0 Å². The summed E-state index contributed by atoms with van der Waals surface area (Å²) >= 11 is 0. The highest BCUT2D eigenvalue weighted by atomic mass is 16.1. The molecule has 0 amide bonds. The molecule has 12 heavy (non-hydrogen) atoms. The summed E-state index contributed by atoms with van der Waals surface area (Å²) in [6, 6.07) is 0. The van der Waals surface area contributed by atoms with Crippen LogP contribution in [0.5, 0.6) is 0 Å². The molecule has 0 aromatic rings. The van der Waals surface area contributed by atoms with E-state index < -0.39 is 0 Å². The van der Waals surface area contributed by atoms with Crippen LogP contribution in [0, 0.1) is 23.7 Å². The number of rotatable bonds is 0. The van der Waals surface area contributed by atoms with Crippen LogP contribution in [-0.2, 0) is 4.79 Å². The van der Waals surface area contributed by atoms with Gasteiger partial charge in [-0.25, -0.2) is 0 Å². The first-order chi connectivity index (χ1) is 5.68. The maximum absolute atomic E-state index is 11.5. The number of hydrogen-bond donors (Lipinski definition) is 0. The lowest BCUT2D eigenvalue weighted by molar-refractivity contribution is -0.122. The Morgan fingerprint density at radius 3 is 2.58 bits per heavy atom. The Hall–Kier alpha value is -0.330. The number of carbonyl (C=O) groups excluding carboxylic acids is 1. The van der Waals surface area contributed by atoms with Crippen molar-refractivity contribution in [2.45, 2.75) is 39.5 Å². The summed E-state index contributed by atoms with van der Waals surface area (Å²) in [6.45, 7) is 4.64. The molecule has 2 saturated carbocycles. The largest absolute Gasteiger partial charge is 0.299 e. The first-order valence-corrected chi connectivity index (χ1v) is 5.21. The molecule has 2 aliphatic carbocycles. The number of ketones is 1. The zero-order valence-electron chi connectivity index (χ0n) is 8.05. The van der Waals surface area contributed by atoms with E-state index >= 15 is 0 Å². The molecule has 0 saturated heterocycles. The average Bonchev–Trinajstić information content (AvgIpc) is 2.35. The van der Waals surface area contributed by atoms with Crippen LogP contribution in [0.25, 0.3) is 0 Å². The average molecular weight is 166 g/mol. The van der Waals surface area contributed by atoms with Gasteiger partial charge in [-0.1, -0.05) is 13.8 Å². The molecule has 0 bridgehead atoms. The molecule has 0 spiro atoms. The molecule has 68 valence electrons. The quantitative estimate of drug-likeness (QED) is 0.540. The van der Waals surface area contributed by atoms with Gasteiger partial charge in [0.1, 0.15) is 5.78 Å². The lowest BCUT2D eigenvalue weighted by Crippen LogP contribution is -2.28. The van der Waals surface area contributed by atoms with E-state index in [2.05, 4.69) is 13.8 Å². The van der Waals surface area contributed by atoms with Crippen LogP contribution in [0.15, 0.2) is 0 Å². The molecule has 1 heteroatoms. The highest BCUT2D eigenvalue weighted by Gasteiger charge is 2.40. The SMILES string of the molecule is CC1CC2CCC(=O)C2CC1C. The third-order valence-corrected chi connectivity index (χ3v) is 4.02. The van der Waals surface area contributed by atoms with E-state index in [0.717, 1.165) is 24.2 Å². The first kappa shape index (κ1) is 8.28. The normalized spacial score (nSPS) is 47.7. The Balaban J connectivity index is 2.09. The van der Waals surface area contributed by atoms with Gasteiger partial charge in [0.25, 0.3) is 0 Å². The molecule has 2 aliphatic rings. The minimum Gasteiger partial charge on any atom is -0.299 e. The van der Waals surface area contributed by atoms with Crippen molar-refractivity contribution in [1.29, 1.82) is 0 Å². The Morgan fingerprint density at radius 2 is 1.83 bits per heavy atom. The molecular formula is C11H18O. The van der Waals surface area contributed by atoms with Crippen LogP contribution in [0.3, 0.4) is 0 Å². The summed E-state index contributed by atoms with van der Waals surface area (Å²) in [5, 5.41) is 0. The second kappa shape index (κ2) is 2.86. The van der Waals surface area contributed by atoms with Gasteiger partial charge in [-0.2, -0.15) is 0 Å². The van der Waals surface area contributed by atoms with E-state index in [-0.39, 0.29) is 0 Å². The van der Waals surface area contributed by atoms with Gasteiger partial charge in [0.05, 0.1) is 0 Å². The van der Waals surface area contributed by atoms with Gasteiger partial charge < -0.3 is 0 Å². The third kappa shape index (κ3) is 1.19. The zero-order chi connectivity index (χ0) is 8.72.